The molecule has 2 heterocycles. The Morgan fingerprint density at radius 3 is 2.72 bits per heavy atom. The molecule has 0 aromatic heterocycles. The molecular weight excluding hydrogens is 224 g/mol. The minimum Gasteiger partial charge on any atom is -0.378 e. The van der Waals surface area contributed by atoms with Crippen LogP contribution >= 0.6 is 0 Å². The van der Waals surface area contributed by atoms with E-state index in [-0.39, 0.29) is 0 Å². The van der Waals surface area contributed by atoms with Gasteiger partial charge < -0.3 is 10.1 Å². The van der Waals surface area contributed by atoms with Crippen LogP contribution < -0.4 is 5.32 Å². The van der Waals surface area contributed by atoms with Gasteiger partial charge in [0.25, 0.3) is 0 Å². The predicted octanol–water partition coefficient (Wildman–Crippen LogP) is 2.41. The monoisotopic (exact) mass is 254 g/mol. The highest BCUT2D eigenvalue weighted by Crippen LogP contribution is 2.25. The van der Waals surface area contributed by atoms with Crippen molar-refractivity contribution in [2.45, 2.75) is 70.6 Å². The number of ether oxygens (including phenoxy) is 1. The van der Waals surface area contributed by atoms with Crippen LogP contribution in [0.4, 0.5) is 0 Å². The van der Waals surface area contributed by atoms with Crippen molar-refractivity contribution >= 4 is 0 Å². The number of nitrogens with zero attached hydrogens (tertiary/aromatic N) is 1. The first kappa shape index (κ1) is 14.3. The van der Waals surface area contributed by atoms with Crippen molar-refractivity contribution in [2.24, 2.45) is 0 Å². The Morgan fingerprint density at radius 1 is 1.17 bits per heavy atom. The molecule has 2 rings (SSSR count). The molecule has 0 aromatic carbocycles. The lowest BCUT2D eigenvalue weighted by Gasteiger charge is -2.40. The molecule has 0 spiro atoms. The molecule has 0 aromatic rings. The molecule has 106 valence electrons. The lowest BCUT2D eigenvalue weighted by molar-refractivity contribution is -0.0385. The quantitative estimate of drug-likeness (QED) is 0.788. The lowest BCUT2D eigenvalue weighted by atomic mass is 9.96. The van der Waals surface area contributed by atoms with Gasteiger partial charge in [0.2, 0.25) is 0 Å². The summed E-state index contributed by atoms with van der Waals surface area (Å²) in [5.74, 6) is 0. The van der Waals surface area contributed by atoms with E-state index in [0.717, 1.165) is 18.7 Å². The van der Waals surface area contributed by atoms with Crippen LogP contribution in [0, 0.1) is 0 Å². The van der Waals surface area contributed by atoms with E-state index in [9.17, 15) is 0 Å². The summed E-state index contributed by atoms with van der Waals surface area (Å²) < 4.78 is 5.90. The number of rotatable bonds is 6. The summed E-state index contributed by atoms with van der Waals surface area (Å²) in [4.78, 5) is 2.78. The van der Waals surface area contributed by atoms with E-state index in [1.165, 1.54) is 58.2 Å². The maximum atomic E-state index is 5.90. The largest absolute Gasteiger partial charge is 0.378 e. The zero-order chi connectivity index (χ0) is 12.8. The molecule has 1 N–H and O–H groups in total. The minimum absolute atomic E-state index is 0.516. The Balaban J connectivity index is 1.91. The van der Waals surface area contributed by atoms with Gasteiger partial charge in [0.05, 0.1) is 6.10 Å². The molecule has 0 aliphatic carbocycles. The molecule has 3 nitrogen and oxygen atoms in total. The molecule has 2 fully saturated rings. The van der Waals surface area contributed by atoms with Crippen LogP contribution in [0.25, 0.3) is 0 Å². The van der Waals surface area contributed by atoms with Gasteiger partial charge in [-0.05, 0) is 45.2 Å². The van der Waals surface area contributed by atoms with E-state index in [1.54, 1.807) is 0 Å². The van der Waals surface area contributed by atoms with Crippen molar-refractivity contribution in [3.63, 3.8) is 0 Å². The molecule has 2 aliphatic heterocycles. The van der Waals surface area contributed by atoms with Crippen molar-refractivity contribution < 1.29 is 4.74 Å². The Kier molecular flexibility index (Phi) is 5.93. The van der Waals surface area contributed by atoms with Crippen molar-refractivity contribution in [1.29, 1.82) is 0 Å². The fraction of sp³-hybridized carbons (Fsp3) is 1.00. The highest BCUT2D eigenvalue weighted by Gasteiger charge is 2.31. The van der Waals surface area contributed by atoms with E-state index >= 15 is 0 Å². The van der Waals surface area contributed by atoms with Gasteiger partial charge in [0.15, 0.2) is 0 Å². The SMILES string of the molecule is CCCC1CC(N(CCC)C2CCNC2)CCO1. The molecular formula is C15H30N2O. The summed E-state index contributed by atoms with van der Waals surface area (Å²) in [6.07, 6.45) is 8.08. The summed E-state index contributed by atoms with van der Waals surface area (Å²) >= 11 is 0. The van der Waals surface area contributed by atoms with Gasteiger partial charge in [-0.2, -0.15) is 0 Å². The van der Waals surface area contributed by atoms with Crippen LogP contribution in [0.3, 0.4) is 0 Å². The molecule has 0 radical (unpaired) electrons. The second-order valence-corrected chi connectivity index (χ2v) is 5.84. The van der Waals surface area contributed by atoms with Gasteiger partial charge in [-0.15, -0.1) is 0 Å². The molecule has 3 unspecified atom stereocenters. The number of hydrogen-bond donors (Lipinski definition) is 1. The molecule has 3 heteroatoms. The van der Waals surface area contributed by atoms with Crippen LogP contribution in [-0.4, -0.2) is 49.3 Å². The fourth-order valence-electron chi connectivity index (χ4n) is 3.53. The summed E-state index contributed by atoms with van der Waals surface area (Å²) in [7, 11) is 0. The summed E-state index contributed by atoms with van der Waals surface area (Å²) in [5, 5.41) is 3.51. The maximum absolute atomic E-state index is 5.90. The van der Waals surface area contributed by atoms with Crippen LogP contribution in [0.1, 0.15) is 52.4 Å². The van der Waals surface area contributed by atoms with E-state index in [1.807, 2.05) is 0 Å². The van der Waals surface area contributed by atoms with Gasteiger partial charge in [-0.25, -0.2) is 0 Å². The van der Waals surface area contributed by atoms with Crippen molar-refractivity contribution in [3.05, 3.63) is 0 Å². The first-order valence-corrected chi connectivity index (χ1v) is 7.93. The van der Waals surface area contributed by atoms with E-state index in [2.05, 4.69) is 24.1 Å². The first-order chi connectivity index (χ1) is 8.85. The average molecular weight is 254 g/mol. The summed E-state index contributed by atoms with van der Waals surface area (Å²) in [6, 6.07) is 1.54. The molecule has 0 bridgehead atoms. The van der Waals surface area contributed by atoms with Crippen LogP contribution in [0.5, 0.6) is 0 Å². The third-order valence-corrected chi connectivity index (χ3v) is 4.40. The Morgan fingerprint density at radius 2 is 2.06 bits per heavy atom. The normalized spacial score (nSPS) is 33.2. The maximum Gasteiger partial charge on any atom is 0.0590 e. The molecule has 18 heavy (non-hydrogen) atoms. The summed E-state index contributed by atoms with van der Waals surface area (Å²) in [6.45, 7) is 9.18. The third kappa shape index (κ3) is 3.69. The number of nitrogens with one attached hydrogen (secondary N) is 1. The molecule has 0 amide bonds. The van der Waals surface area contributed by atoms with Gasteiger partial charge in [-0.3, -0.25) is 4.90 Å². The van der Waals surface area contributed by atoms with Gasteiger partial charge in [0, 0.05) is 25.2 Å². The zero-order valence-corrected chi connectivity index (χ0v) is 12.2. The first-order valence-electron chi connectivity index (χ1n) is 7.93. The van der Waals surface area contributed by atoms with E-state index < -0.39 is 0 Å². The topological polar surface area (TPSA) is 24.5 Å². The van der Waals surface area contributed by atoms with Crippen LogP contribution in [0.15, 0.2) is 0 Å². The molecule has 2 aliphatic rings. The van der Waals surface area contributed by atoms with E-state index in [0.29, 0.717) is 6.10 Å². The lowest BCUT2D eigenvalue weighted by Crippen LogP contribution is -2.48. The third-order valence-electron chi connectivity index (χ3n) is 4.40. The molecule has 0 saturated carbocycles. The van der Waals surface area contributed by atoms with Crippen LogP contribution in [0.2, 0.25) is 0 Å². The van der Waals surface area contributed by atoms with E-state index in [4.69, 9.17) is 4.74 Å². The second-order valence-electron chi connectivity index (χ2n) is 5.84. The number of hydrogen-bond acceptors (Lipinski definition) is 3. The zero-order valence-electron chi connectivity index (χ0n) is 12.2. The summed E-state index contributed by atoms with van der Waals surface area (Å²) in [5.41, 5.74) is 0. The van der Waals surface area contributed by atoms with Gasteiger partial charge in [0.1, 0.15) is 0 Å². The fourth-order valence-corrected chi connectivity index (χ4v) is 3.53. The van der Waals surface area contributed by atoms with Crippen molar-refractivity contribution in [3.8, 4) is 0 Å². The Bertz CT molecular complexity index is 227. The smallest absolute Gasteiger partial charge is 0.0590 e. The highest BCUT2D eigenvalue weighted by molar-refractivity contribution is 4.87. The average Bonchev–Trinajstić information content (AvgIpc) is 2.90. The predicted molar refractivity (Wildman–Crippen MR) is 75.9 cm³/mol. The Hall–Kier alpha value is -0.120. The van der Waals surface area contributed by atoms with Gasteiger partial charge in [-0.1, -0.05) is 20.3 Å². The minimum atomic E-state index is 0.516. The molecule has 3 atom stereocenters. The molecule has 2 saturated heterocycles. The Labute approximate surface area is 112 Å². The second kappa shape index (κ2) is 7.46. The van der Waals surface area contributed by atoms with Crippen molar-refractivity contribution in [1.82, 2.24) is 10.2 Å². The van der Waals surface area contributed by atoms with Crippen molar-refractivity contribution in [2.75, 3.05) is 26.2 Å². The van der Waals surface area contributed by atoms with Crippen LogP contribution in [-0.2, 0) is 4.74 Å². The highest BCUT2D eigenvalue weighted by atomic mass is 16.5. The van der Waals surface area contributed by atoms with Gasteiger partial charge >= 0.3 is 0 Å². The standard InChI is InChI=1S/C15H30N2O/c1-3-5-15-11-13(7-10-18-15)17(9-4-2)14-6-8-16-12-14/h13-16H,3-12H2,1-2H3.